The Bertz CT molecular complexity index is 369. The number of fused-ring (bicyclic) bond motifs is 1. The Labute approximate surface area is 128 Å². The molecule has 0 bridgehead atoms. The van der Waals surface area contributed by atoms with Gasteiger partial charge in [-0.3, -0.25) is 9.69 Å². The van der Waals surface area contributed by atoms with E-state index >= 15 is 0 Å². The van der Waals surface area contributed by atoms with Crippen LogP contribution in [0.5, 0.6) is 0 Å². The molecule has 0 aromatic carbocycles. The summed E-state index contributed by atoms with van der Waals surface area (Å²) in [6.07, 6.45) is 5.54. The lowest BCUT2D eigenvalue weighted by Gasteiger charge is -2.48. The van der Waals surface area contributed by atoms with E-state index in [-0.39, 0.29) is 11.5 Å². The quantitative estimate of drug-likeness (QED) is 0.782. The van der Waals surface area contributed by atoms with Crippen molar-refractivity contribution in [1.29, 1.82) is 0 Å². The predicted octanol–water partition coefficient (Wildman–Crippen LogP) is 0.842. The summed E-state index contributed by atoms with van der Waals surface area (Å²) in [5.41, 5.74) is -0.368. The molecule has 2 unspecified atom stereocenters. The molecule has 5 heteroatoms. The van der Waals surface area contributed by atoms with Crippen molar-refractivity contribution in [2.24, 2.45) is 0 Å². The number of nitrogens with zero attached hydrogens (tertiary/aromatic N) is 2. The van der Waals surface area contributed by atoms with Gasteiger partial charge >= 0.3 is 5.97 Å². The Morgan fingerprint density at radius 1 is 1.24 bits per heavy atom. The van der Waals surface area contributed by atoms with Crippen LogP contribution in [0, 0.1) is 0 Å². The second kappa shape index (κ2) is 6.63. The first-order valence-electron chi connectivity index (χ1n) is 8.63. The van der Waals surface area contributed by atoms with Gasteiger partial charge in [-0.25, -0.2) is 0 Å². The van der Waals surface area contributed by atoms with Gasteiger partial charge in [0.2, 0.25) is 0 Å². The van der Waals surface area contributed by atoms with Crippen molar-refractivity contribution in [3.8, 4) is 0 Å². The summed E-state index contributed by atoms with van der Waals surface area (Å²) in [6, 6.07) is 0.583. The maximum Gasteiger partial charge on any atom is 0.326 e. The molecule has 0 aromatic rings. The largest absolute Gasteiger partial charge is 0.465 e. The molecule has 0 saturated carbocycles. The third-order valence-corrected chi connectivity index (χ3v) is 5.49. The molecule has 1 N–H and O–H groups in total. The molecule has 3 rings (SSSR count). The van der Waals surface area contributed by atoms with Crippen LogP contribution in [0.4, 0.5) is 0 Å². The van der Waals surface area contributed by atoms with Crippen molar-refractivity contribution >= 4 is 5.97 Å². The van der Waals surface area contributed by atoms with Crippen molar-refractivity contribution in [3.63, 3.8) is 0 Å². The van der Waals surface area contributed by atoms with Crippen molar-refractivity contribution in [1.82, 2.24) is 15.1 Å². The van der Waals surface area contributed by atoms with E-state index in [1.165, 1.54) is 19.4 Å². The summed E-state index contributed by atoms with van der Waals surface area (Å²) in [5, 5.41) is 3.45. The van der Waals surface area contributed by atoms with Gasteiger partial charge in [0, 0.05) is 32.2 Å². The van der Waals surface area contributed by atoms with Crippen LogP contribution in [0.3, 0.4) is 0 Å². The van der Waals surface area contributed by atoms with E-state index in [4.69, 9.17) is 4.74 Å². The second-order valence-corrected chi connectivity index (χ2v) is 6.63. The van der Waals surface area contributed by atoms with Gasteiger partial charge in [-0.15, -0.1) is 0 Å². The molecule has 3 aliphatic heterocycles. The number of esters is 1. The lowest BCUT2D eigenvalue weighted by Crippen LogP contribution is -2.62. The summed E-state index contributed by atoms with van der Waals surface area (Å²) >= 11 is 0. The summed E-state index contributed by atoms with van der Waals surface area (Å²) in [7, 11) is 0. The highest BCUT2D eigenvalue weighted by molar-refractivity contribution is 5.81. The maximum atomic E-state index is 12.8. The number of hydrogen-bond donors (Lipinski definition) is 1. The monoisotopic (exact) mass is 295 g/mol. The Balaban J connectivity index is 1.81. The molecule has 3 fully saturated rings. The number of ether oxygens (including phenoxy) is 1. The standard InChI is InChI=1S/C16H29N3O2/c1-2-21-15(20)16(19-10-4-7-17-8-12-19)6-11-18-9-3-5-14(18)13-16/h14,17H,2-13H2,1H3. The van der Waals surface area contributed by atoms with Gasteiger partial charge < -0.3 is 15.0 Å². The van der Waals surface area contributed by atoms with E-state index in [9.17, 15) is 4.79 Å². The van der Waals surface area contributed by atoms with E-state index in [1.54, 1.807) is 0 Å². The van der Waals surface area contributed by atoms with Crippen LogP contribution in [-0.4, -0.2) is 73.2 Å². The molecule has 120 valence electrons. The first-order chi connectivity index (χ1) is 10.3. The smallest absolute Gasteiger partial charge is 0.326 e. The zero-order valence-electron chi connectivity index (χ0n) is 13.3. The van der Waals surface area contributed by atoms with E-state index < -0.39 is 0 Å². The average molecular weight is 295 g/mol. The number of carbonyl (C=O) groups excluding carboxylic acids is 1. The minimum atomic E-state index is -0.368. The maximum absolute atomic E-state index is 12.8. The van der Waals surface area contributed by atoms with Crippen LogP contribution in [0.2, 0.25) is 0 Å². The summed E-state index contributed by atoms with van der Waals surface area (Å²) in [5.74, 6) is 0.0263. The van der Waals surface area contributed by atoms with Gasteiger partial charge in [0.1, 0.15) is 5.54 Å². The molecular weight excluding hydrogens is 266 g/mol. The second-order valence-electron chi connectivity index (χ2n) is 6.63. The van der Waals surface area contributed by atoms with Crippen molar-refractivity contribution in [2.75, 3.05) is 45.9 Å². The summed E-state index contributed by atoms with van der Waals surface area (Å²) in [4.78, 5) is 17.8. The lowest BCUT2D eigenvalue weighted by molar-refractivity contribution is -0.163. The van der Waals surface area contributed by atoms with Crippen LogP contribution in [0.1, 0.15) is 39.0 Å². The molecule has 5 nitrogen and oxygen atoms in total. The van der Waals surface area contributed by atoms with E-state index in [2.05, 4.69) is 15.1 Å². The fourth-order valence-corrected chi connectivity index (χ4v) is 4.38. The number of nitrogens with one attached hydrogen (secondary N) is 1. The normalized spacial score (nSPS) is 35.2. The van der Waals surface area contributed by atoms with Crippen LogP contribution in [0.15, 0.2) is 0 Å². The first-order valence-corrected chi connectivity index (χ1v) is 8.63. The number of hydrogen-bond acceptors (Lipinski definition) is 5. The highest BCUT2D eigenvalue weighted by atomic mass is 16.5. The molecule has 0 radical (unpaired) electrons. The van der Waals surface area contributed by atoms with Crippen LogP contribution < -0.4 is 5.32 Å². The average Bonchev–Trinajstić information content (AvgIpc) is 2.78. The molecular formula is C16H29N3O2. The Hall–Kier alpha value is -0.650. The van der Waals surface area contributed by atoms with Crippen molar-refractivity contribution < 1.29 is 9.53 Å². The minimum absolute atomic E-state index is 0.0263. The molecule has 0 aliphatic carbocycles. The van der Waals surface area contributed by atoms with Gasteiger partial charge in [-0.2, -0.15) is 0 Å². The predicted molar refractivity (Wildman–Crippen MR) is 82.3 cm³/mol. The molecule has 21 heavy (non-hydrogen) atoms. The third-order valence-electron chi connectivity index (χ3n) is 5.49. The molecule has 0 aromatic heterocycles. The van der Waals surface area contributed by atoms with Gasteiger partial charge in [0.05, 0.1) is 6.61 Å². The molecule has 0 spiro atoms. The topological polar surface area (TPSA) is 44.8 Å². The lowest BCUT2D eigenvalue weighted by atomic mass is 9.81. The zero-order valence-corrected chi connectivity index (χ0v) is 13.3. The van der Waals surface area contributed by atoms with E-state index in [1.807, 2.05) is 6.92 Å². The Kier molecular flexibility index (Phi) is 4.82. The molecule has 3 aliphatic rings. The van der Waals surface area contributed by atoms with Crippen LogP contribution in [0.25, 0.3) is 0 Å². The van der Waals surface area contributed by atoms with Crippen LogP contribution in [-0.2, 0) is 9.53 Å². The summed E-state index contributed by atoms with van der Waals surface area (Å²) in [6.45, 7) is 8.68. The molecule has 3 saturated heterocycles. The SMILES string of the molecule is CCOC(=O)C1(N2CCCNCC2)CCN2CCCC2C1. The number of piperidine rings is 1. The highest BCUT2D eigenvalue weighted by Crippen LogP contribution is 2.38. The fourth-order valence-electron chi connectivity index (χ4n) is 4.38. The van der Waals surface area contributed by atoms with E-state index in [0.29, 0.717) is 12.6 Å². The zero-order chi connectivity index (χ0) is 14.7. The third kappa shape index (κ3) is 2.96. The van der Waals surface area contributed by atoms with Gasteiger partial charge in [0.15, 0.2) is 0 Å². The Morgan fingerprint density at radius 3 is 3.00 bits per heavy atom. The molecule has 0 amide bonds. The minimum Gasteiger partial charge on any atom is -0.465 e. The van der Waals surface area contributed by atoms with Gasteiger partial charge in [-0.1, -0.05) is 0 Å². The van der Waals surface area contributed by atoms with Crippen LogP contribution >= 0.6 is 0 Å². The van der Waals surface area contributed by atoms with Gasteiger partial charge in [-0.05, 0) is 52.1 Å². The molecule has 2 atom stereocenters. The van der Waals surface area contributed by atoms with Crippen molar-refractivity contribution in [2.45, 2.75) is 50.6 Å². The highest BCUT2D eigenvalue weighted by Gasteiger charge is 2.51. The Morgan fingerprint density at radius 2 is 2.14 bits per heavy atom. The van der Waals surface area contributed by atoms with Gasteiger partial charge in [0.25, 0.3) is 0 Å². The fraction of sp³-hybridized carbons (Fsp3) is 0.938. The number of carbonyl (C=O) groups is 1. The van der Waals surface area contributed by atoms with E-state index in [0.717, 1.165) is 52.0 Å². The van der Waals surface area contributed by atoms with Crippen molar-refractivity contribution in [3.05, 3.63) is 0 Å². The summed E-state index contributed by atoms with van der Waals surface area (Å²) < 4.78 is 5.51. The molecule has 3 heterocycles. The number of rotatable bonds is 3. The first kappa shape index (κ1) is 15.3.